The summed E-state index contributed by atoms with van der Waals surface area (Å²) in [5.74, 6) is 0.0965. The van der Waals surface area contributed by atoms with Crippen LogP contribution in [0.4, 0.5) is 11.6 Å². The number of hydrogen-bond acceptors (Lipinski definition) is 6. The Labute approximate surface area is 158 Å². The lowest BCUT2D eigenvalue weighted by atomic mass is 9.91. The molecular weight excluding hydrogens is 348 g/mol. The van der Waals surface area contributed by atoms with Gasteiger partial charge in [0.25, 0.3) is 5.91 Å². The largest absolute Gasteiger partial charge is 0.381 e. The number of rotatable bonds is 6. The molecule has 1 fully saturated rings. The Kier molecular flexibility index (Phi) is 6.11. The maximum absolute atomic E-state index is 11.6. The minimum Gasteiger partial charge on any atom is -0.381 e. The number of para-hydroxylation sites is 1. The zero-order chi connectivity index (χ0) is 18.5. The summed E-state index contributed by atoms with van der Waals surface area (Å²) in [7, 11) is 1.77. The normalized spacial score (nSPS) is 19.9. The molecule has 1 aromatic carbocycles. The third-order valence-electron chi connectivity index (χ3n) is 4.79. The van der Waals surface area contributed by atoms with E-state index in [-0.39, 0.29) is 6.04 Å². The maximum Gasteiger partial charge on any atom is 0.253 e. The Balaban J connectivity index is 1.97. The summed E-state index contributed by atoms with van der Waals surface area (Å²) >= 11 is 1.40. The van der Waals surface area contributed by atoms with Gasteiger partial charge in [0.1, 0.15) is 5.03 Å². The summed E-state index contributed by atoms with van der Waals surface area (Å²) in [6, 6.07) is 10.4. The summed E-state index contributed by atoms with van der Waals surface area (Å²) in [6.45, 7) is 0. The first-order valence-corrected chi connectivity index (χ1v) is 9.94. The molecule has 0 aliphatic heterocycles. The van der Waals surface area contributed by atoms with Crippen molar-refractivity contribution in [2.45, 2.75) is 42.9 Å². The number of benzene rings is 1. The van der Waals surface area contributed by atoms with Crippen molar-refractivity contribution in [3.63, 3.8) is 0 Å². The van der Waals surface area contributed by atoms with Crippen LogP contribution in [0.2, 0.25) is 0 Å². The monoisotopic (exact) mass is 372 g/mol. The first kappa shape index (κ1) is 18.7. The zero-order valence-corrected chi connectivity index (χ0v) is 15.9. The second kappa shape index (κ2) is 8.51. The fourth-order valence-corrected chi connectivity index (χ4v) is 3.96. The number of carbonyl (C=O) groups excluding carboxylic acids is 1. The van der Waals surface area contributed by atoms with Crippen LogP contribution in [0.3, 0.4) is 0 Å². The highest BCUT2D eigenvalue weighted by Gasteiger charge is 2.29. The Morgan fingerprint density at radius 2 is 1.92 bits per heavy atom. The molecule has 2 N–H and O–H groups in total. The molecule has 0 unspecified atom stereocenters. The van der Waals surface area contributed by atoms with Gasteiger partial charge in [0, 0.05) is 25.0 Å². The van der Waals surface area contributed by atoms with E-state index in [4.69, 9.17) is 10.5 Å². The van der Waals surface area contributed by atoms with Gasteiger partial charge in [0.05, 0.1) is 11.7 Å². The fourth-order valence-electron chi connectivity index (χ4n) is 3.42. The van der Waals surface area contributed by atoms with Crippen molar-refractivity contribution in [2.24, 2.45) is 5.73 Å². The van der Waals surface area contributed by atoms with E-state index >= 15 is 0 Å². The van der Waals surface area contributed by atoms with Crippen molar-refractivity contribution < 1.29 is 9.53 Å². The van der Waals surface area contributed by atoms with Gasteiger partial charge in [-0.15, -0.1) is 11.8 Å². The van der Waals surface area contributed by atoms with E-state index in [1.165, 1.54) is 18.0 Å². The number of amides is 1. The van der Waals surface area contributed by atoms with E-state index in [0.717, 1.165) is 31.4 Å². The lowest BCUT2D eigenvalue weighted by Crippen LogP contribution is -2.37. The number of thioether (sulfide) groups is 1. The number of ether oxygens (including phenoxy) is 1. The number of nitrogens with two attached hydrogens (primary N) is 1. The molecule has 1 aliphatic rings. The summed E-state index contributed by atoms with van der Waals surface area (Å²) < 4.78 is 5.50. The molecule has 0 bridgehead atoms. The minimum atomic E-state index is -0.507. The van der Waals surface area contributed by atoms with Crippen molar-refractivity contribution in [1.29, 1.82) is 0 Å². The molecule has 1 aliphatic carbocycles. The zero-order valence-electron chi connectivity index (χ0n) is 15.1. The molecule has 0 radical (unpaired) electrons. The maximum atomic E-state index is 11.6. The smallest absolute Gasteiger partial charge is 0.253 e. The van der Waals surface area contributed by atoms with Crippen LogP contribution >= 0.6 is 11.8 Å². The third-order valence-corrected chi connectivity index (χ3v) is 5.49. The molecule has 2 aromatic rings. The second-order valence-electron chi connectivity index (χ2n) is 6.33. The first-order valence-electron chi connectivity index (χ1n) is 8.72. The summed E-state index contributed by atoms with van der Waals surface area (Å²) in [5.41, 5.74) is 6.85. The number of methoxy groups -OCH3 is 1. The standard InChI is InChI=1S/C19H24N4O2S/c1-25-15-10-8-14(9-11-15)23(13-6-4-3-5-7-13)19-21-12-16(17(20)24)18(22-19)26-2/h3-7,12,14-15H,8-11H2,1-2H3,(H2,20,24)/t14-,15-. The van der Waals surface area contributed by atoms with Gasteiger partial charge >= 0.3 is 0 Å². The van der Waals surface area contributed by atoms with E-state index in [2.05, 4.69) is 27.0 Å². The van der Waals surface area contributed by atoms with E-state index in [1.54, 1.807) is 7.11 Å². The Morgan fingerprint density at radius 3 is 2.50 bits per heavy atom. The average Bonchev–Trinajstić information content (AvgIpc) is 2.69. The van der Waals surface area contributed by atoms with Crippen LogP contribution in [-0.2, 0) is 4.74 Å². The minimum absolute atomic E-state index is 0.290. The number of nitrogens with zero attached hydrogens (tertiary/aromatic N) is 3. The summed E-state index contributed by atoms with van der Waals surface area (Å²) in [5, 5.41) is 0.606. The van der Waals surface area contributed by atoms with Gasteiger partial charge in [-0.3, -0.25) is 4.79 Å². The summed E-state index contributed by atoms with van der Waals surface area (Å²) in [6.07, 6.45) is 7.77. The molecule has 1 amide bonds. The van der Waals surface area contributed by atoms with E-state index in [0.29, 0.717) is 22.6 Å². The van der Waals surface area contributed by atoms with Crippen LogP contribution in [0.5, 0.6) is 0 Å². The van der Waals surface area contributed by atoms with Crippen molar-refractivity contribution in [3.05, 3.63) is 42.1 Å². The number of anilines is 2. The first-order chi connectivity index (χ1) is 12.6. The molecule has 0 saturated heterocycles. The molecule has 3 rings (SSSR count). The van der Waals surface area contributed by atoms with E-state index in [9.17, 15) is 4.79 Å². The molecule has 7 heteroatoms. The summed E-state index contributed by atoms with van der Waals surface area (Å²) in [4.78, 5) is 22.9. The number of carbonyl (C=O) groups is 1. The molecule has 6 nitrogen and oxygen atoms in total. The van der Waals surface area contributed by atoms with Gasteiger partial charge in [-0.1, -0.05) is 18.2 Å². The number of hydrogen-bond donors (Lipinski definition) is 1. The van der Waals surface area contributed by atoms with Crippen LogP contribution in [-0.4, -0.2) is 41.4 Å². The van der Waals surface area contributed by atoms with Crippen LogP contribution < -0.4 is 10.6 Å². The number of primary amides is 1. The fraction of sp³-hybridized carbons (Fsp3) is 0.421. The van der Waals surface area contributed by atoms with Crippen LogP contribution in [0.25, 0.3) is 0 Å². The molecule has 1 heterocycles. The molecule has 0 spiro atoms. The van der Waals surface area contributed by atoms with Crippen molar-refractivity contribution in [2.75, 3.05) is 18.3 Å². The van der Waals surface area contributed by atoms with Gasteiger partial charge < -0.3 is 15.4 Å². The van der Waals surface area contributed by atoms with Crippen molar-refractivity contribution in [1.82, 2.24) is 9.97 Å². The molecule has 0 atom stereocenters. The average molecular weight is 372 g/mol. The van der Waals surface area contributed by atoms with E-state index in [1.807, 2.05) is 24.5 Å². The predicted molar refractivity (Wildman–Crippen MR) is 104 cm³/mol. The van der Waals surface area contributed by atoms with Crippen molar-refractivity contribution in [3.8, 4) is 0 Å². The number of aromatic nitrogens is 2. The van der Waals surface area contributed by atoms with Crippen LogP contribution in [0.15, 0.2) is 41.6 Å². The second-order valence-corrected chi connectivity index (χ2v) is 7.12. The predicted octanol–water partition coefficient (Wildman–Crippen LogP) is 3.39. The van der Waals surface area contributed by atoms with Crippen LogP contribution in [0.1, 0.15) is 36.0 Å². The quantitative estimate of drug-likeness (QED) is 0.618. The van der Waals surface area contributed by atoms with Gasteiger partial charge in [-0.05, 0) is 44.1 Å². The van der Waals surface area contributed by atoms with Crippen LogP contribution in [0, 0.1) is 0 Å². The highest BCUT2D eigenvalue weighted by molar-refractivity contribution is 7.98. The van der Waals surface area contributed by atoms with E-state index < -0.39 is 5.91 Å². The van der Waals surface area contributed by atoms with Gasteiger partial charge in [-0.2, -0.15) is 0 Å². The SMILES string of the molecule is CO[C@H]1CC[C@H](N(c2ccccc2)c2ncc(C(N)=O)c(SC)n2)CC1. The van der Waals surface area contributed by atoms with Gasteiger partial charge in [0.15, 0.2) is 0 Å². The Morgan fingerprint density at radius 1 is 1.23 bits per heavy atom. The third kappa shape index (κ3) is 3.99. The molecular formula is C19H24N4O2S. The molecule has 1 aromatic heterocycles. The topological polar surface area (TPSA) is 81.3 Å². The van der Waals surface area contributed by atoms with Gasteiger partial charge in [0.2, 0.25) is 5.95 Å². The Bertz CT molecular complexity index is 748. The molecule has 1 saturated carbocycles. The highest BCUT2D eigenvalue weighted by atomic mass is 32.2. The highest BCUT2D eigenvalue weighted by Crippen LogP contribution is 2.34. The van der Waals surface area contributed by atoms with Crippen molar-refractivity contribution >= 4 is 29.3 Å². The lowest BCUT2D eigenvalue weighted by Gasteiger charge is -2.36. The molecule has 138 valence electrons. The van der Waals surface area contributed by atoms with Gasteiger partial charge in [-0.25, -0.2) is 9.97 Å². The Hall–Kier alpha value is -2.12. The molecule has 26 heavy (non-hydrogen) atoms. The lowest BCUT2D eigenvalue weighted by molar-refractivity contribution is 0.0663.